The zero-order valence-electron chi connectivity index (χ0n) is 7.14. The van der Waals surface area contributed by atoms with Crippen molar-refractivity contribution in [1.82, 2.24) is 0 Å². The summed E-state index contributed by atoms with van der Waals surface area (Å²) < 4.78 is 44.5. The predicted octanol–water partition coefficient (Wildman–Crippen LogP) is 3.98. The second-order valence-electron chi connectivity index (χ2n) is 2.76. The molecule has 1 aromatic carbocycles. The average Bonchev–Trinajstić information content (AvgIpc) is 2.56. The number of alkyl halides is 3. The van der Waals surface area contributed by atoms with Crippen molar-refractivity contribution in [1.29, 1.82) is 0 Å². The van der Waals surface area contributed by atoms with Gasteiger partial charge in [0.1, 0.15) is 11.3 Å². The van der Waals surface area contributed by atoms with E-state index in [1.54, 1.807) is 0 Å². The minimum absolute atomic E-state index is 0.112. The van der Waals surface area contributed by atoms with Crippen LogP contribution in [0.15, 0.2) is 28.9 Å². The number of fused-ring (bicyclic) bond motifs is 1. The van der Waals surface area contributed by atoms with Gasteiger partial charge in [0.15, 0.2) is 0 Å². The van der Waals surface area contributed by atoms with Crippen LogP contribution < -0.4 is 4.74 Å². The van der Waals surface area contributed by atoms with Crippen molar-refractivity contribution < 1.29 is 22.3 Å². The highest BCUT2D eigenvalue weighted by Crippen LogP contribution is 2.36. The van der Waals surface area contributed by atoms with Gasteiger partial charge in [0.05, 0.1) is 11.3 Å². The van der Waals surface area contributed by atoms with Crippen LogP contribution in [0.3, 0.4) is 0 Å². The number of benzene rings is 1. The number of rotatable bonds is 1. The van der Waals surface area contributed by atoms with E-state index in [1.165, 1.54) is 18.4 Å². The van der Waals surface area contributed by atoms with E-state index in [2.05, 4.69) is 4.74 Å². The van der Waals surface area contributed by atoms with Crippen molar-refractivity contribution in [2.45, 2.75) is 6.36 Å². The number of hydrogen-bond donors (Lipinski definition) is 0. The molecular formula is C9H4ClF3O2. The fourth-order valence-corrected chi connectivity index (χ4v) is 1.45. The maximum Gasteiger partial charge on any atom is 0.573 e. The molecule has 0 aliphatic heterocycles. The van der Waals surface area contributed by atoms with Crippen molar-refractivity contribution >= 4 is 22.6 Å². The van der Waals surface area contributed by atoms with Crippen LogP contribution in [0.25, 0.3) is 11.0 Å². The molecule has 0 saturated heterocycles. The van der Waals surface area contributed by atoms with Crippen LogP contribution in [0, 0.1) is 0 Å². The smallest absolute Gasteiger partial charge is 0.464 e. The zero-order chi connectivity index (χ0) is 11.1. The van der Waals surface area contributed by atoms with Gasteiger partial charge in [0.25, 0.3) is 0 Å². The molecule has 15 heavy (non-hydrogen) atoms. The summed E-state index contributed by atoms with van der Waals surface area (Å²) in [6, 6.07) is 3.95. The Kier molecular flexibility index (Phi) is 2.26. The van der Waals surface area contributed by atoms with E-state index < -0.39 is 12.1 Å². The Balaban J connectivity index is 2.48. The van der Waals surface area contributed by atoms with E-state index in [4.69, 9.17) is 16.0 Å². The van der Waals surface area contributed by atoms with Gasteiger partial charge < -0.3 is 9.15 Å². The highest BCUT2D eigenvalue weighted by molar-refractivity contribution is 6.36. The Morgan fingerprint density at radius 1 is 1.20 bits per heavy atom. The lowest BCUT2D eigenvalue weighted by atomic mass is 10.2. The predicted molar refractivity (Wildman–Crippen MR) is 47.9 cm³/mol. The Bertz CT molecular complexity index is 490. The second kappa shape index (κ2) is 3.34. The van der Waals surface area contributed by atoms with E-state index >= 15 is 0 Å². The van der Waals surface area contributed by atoms with E-state index in [1.807, 2.05) is 0 Å². The van der Waals surface area contributed by atoms with Gasteiger partial charge in [-0.15, -0.1) is 13.2 Å². The van der Waals surface area contributed by atoms with E-state index in [0.29, 0.717) is 11.0 Å². The zero-order valence-corrected chi connectivity index (χ0v) is 7.89. The molecule has 0 fully saturated rings. The summed E-state index contributed by atoms with van der Waals surface area (Å²) in [7, 11) is 0. The van der Waals surface area contributed by atoms with Crippen LogP contribution in [0.5, 0.6) is 5.75 Å². The summed E-state index contributed by atoms with van der Waals surface area (Å²) >= 11 is 5.70. The molecule has 2 aromatic rings. The molecule has 2 nitrogen and oxygen atoms in total. The van der Waals surface area contributed by atoms with Gasteiger partial charge in [-0.05, 0) is 18.2 Å². The highest BCUT2D eigenvalue weighted by Gasteiger charge is 2.32. The molecule has 1 aromatic heterocycles. The minimum atomic E-state index is -4.75. The molecular weight excluding hydrogens is 233 g/mol. The first-order valence-corrected chi connectivity index (χ1v) is 4.26. The molecule has 0 spiro atoms. The van der Waals surface area contributed by atoms with Crippen LogP contribution in [-0.2, 0) is 0 Å². The van der Waals surface area contributed by atoms with Gasteiger partial charge in [0, 0.05) is 5.39 Å². The third-order valence-corrected chi connectivity index (χ3v) is 2.15. The maximum absolute atomic E-state index is 11.9. The molecule has 0 saturated carbocycles. The Morgan fingerprint density at radius 3 is 2.60 bits per heavy atom. The number of ether oxygens (including phenoxy) is 1. The number of hydrogen-bond acceptors (Lipinski definition) is 2. The van der Waals surface area contributed by atoms with Gasteiger partial charge in [0.2, 0.25) is 0 Å². The van der Waals surface area contributed by atoms with Crippen molar-refractivity contribution in [2.24, 2.45) is 0 Å². The number of halogens is 4. The normalized spacial score (nSPS) is 12.0. The SMILES string of the molecule is FC(F)(F)Oc1ccc2occc2c1Cl. The van der Waals surface area contributed by atoms with E-state index in [-0.39, 0.29) is 5.02 Å². The maximum atomic E-state index is 11.9. The topological polar surface area (TPSA) is 22.4 Å². The molecule has 2 rings (SSSR count). The lowest BCUT2D eigenvalue weighted by molar-refractivity contribution is -0.274. The quantitative estimate of drug-likeness (QED) is 0.747. The molecule has 0 atom stereocenters. The largest absolute Gasteiger partial charge is 0.573 e. The molecule has 0 radical (unpaired) electrons. The molecule has 6 heteroatoms. The molecule has 0 unspecified atom stereocenters. The Morgan fingerprint density at radius 2 is 1.93 bits per heavy atom. The molecule has 0 aliphatic rings. The second-order valence-corrected chi connectivity index (χ2v) is 3.14. The summed E-state index contributed by atoms with van der Waals surface area (Å²) in [5.41, 5.74) is 0.412. The summed E-state index contributed by atoms with van der Waals surface area (Å²) in [6.45, 7) is 0. The molecule has 80 valence electrons. The summed E-state index contributed by atoms with van der Waals surface area (Å²) in [5.74, 6) is -0.432. The van der Waals surface area contributed by atoms with Crippen molar-refractivity contribution in [2.75, 3.05) is 0 Å². The molecule has 0 amide bonds. The standard InChI is InChI=1S/C9H4ClF3O2/c10-8-5-3-4-14-6(5)1-2-7(8)15-9(11,12)13/h1-4H. The fraction of sp³-hybridized carbons (Fsp3) is 0.111. The summed E-state index contributed by atoms with van der Waals surface area (Å²) in [5, 5.41) is 0.275. The lowest BCUT2D eigenvalue weighted by Gasteiger charge is -2.10. The first kappa shape index (κ1) is 10.2. The monoisotopic (exact) mass is 236 g/mol. The van der Waals surface area contributed by atoms with Crippen LogP contribution >= 0.6 is 11.6 Å². The number of furan rings is 1. The molecule has 0 N–H and O–H groups in total. The van der Waals surface area contributed by atoms with Gasteiger partial charge in [-0.2, -0.15) is 0 Å². The van der Waals surface area contributed by atoms with Gasteiger partial charge >= 0.3 is 6.36 Å². The van der Waals surface area contributed by atoms with E-state index in [9.17, 15) is 13.2 Å². The van der Waals surface area contributed by atoms with Crippen molar-refractivity contribution in [3.05, 3.63) is 29.5 Å². The molecule has 0 bridgehead atoms. The first-order valence-electron chi connectivity index (χ1n) is 3.89. The van der Waals surface area contributed by atoms with Crippen LogP contribution in [0.1, 0.15) is 0 Å². The van der Waals surface area contributed by atoms with Crippen molar-refractivity contribution in [3.63, 3.8) is 0 Å². The van der Waals surface area contributed by atoms with Gasteiger partial charge in [-0.3, -0.25) is 0 Å². The van der Waals surface area contributed by atoms with Crippen LogP contribution in [0.2, 0.25) is 5.02 Å². The Hall–Kier alpha value is -1.36. The first-order chi connectivity index (χ1) is 6.97. The Labute approximate surface area is 87.2 Å². The van der Waals surface area contributed by atoms with E-state index in [0.717, 1.165) is 6.07 Å². The molecule has 1 heterocycles. The van der Waals surface area contributed by atoms with Crippen LogP contribution in [-0.4, -0.2) is 6.36 Å². The fourth-order valence-electron chi connectivity index (χ4n) is 1.19. The van der Waals surface area contributed by atoms with Gasteiger partial charge in [-0.25, -0.2) is 0 Å². The summed E-state index contributed by atoms with van der Waals surface area (Å²) in [6.07, 6.45) is -3.41. The lowest BCUT2D eigenvalue weighted by Crippen LogP contribution is -2.17. The molecule has 0 aliphatic carbocycles. The third-order valence-electron chi connectivity index (χ3n) is 1.76. The summed E-state index contributed by atoms with van der Waals surface area (Å²) in [4.78, 5) is 0. The third kappa shape index (κ3) is 2.02. The van der Waals surface area contributed by atoms with Crippen molar-refractivity contribution in [3.8, 4) is 5.75 Å². The van der Waals surface area contributed by atoms with Crippen LogP contribution in [0.4, 0.5) is 13.2 Å². The van der Waals surface area contributed by atoms with Gasteiger partial charge in [-0.1, -0.05) is 11.6 Å². The average molecular weight is 237 g/mol. The minimum Gasteiger partial charge on any atom is -0.464 e. The highest BCUT2D eigenvalue weighted by atomic mass is 35.5.